The van der Waals surface area contributed by atoms with E-state index in [9.17, 15) is 5.11 Å². The molecule has 1 aromatic carbocycles. The Bertz CT molecular complexity index is 507. The van der Waals surface area contributed by atoms with Crippen molar-refractivity contribution in [2.45, 2.75) is 19.4 Å². The monoisotopic (exact) mass is 245 g/mol. The van der Waals surface area contributed by atoms with Crippen molar-refractivity contribution in [3.8, 4) is 0 Å². The van der Waals surface area contributed by atoms with Gasteiger partial charge in [0.2, 0.25) is 0 Å². The number of pyridine rings is 1. The van der Waals surface area contributed by atoms with E-state index in [1.807, 2.05) is 30.3 Å². The van der Waals surface area contributed by atoms with Gasteiger partial charge in [0.05, 0.1) is 11.6 Å². The first kappa shape index (κ1) is 13.0. The number of para-hydroxylation sites is 1. The Hall–Kier alpha value is -1.45. The second-order valence-electron chi connectivity index (χ2n) is 4.73. The summed E-state index contributed by atoms with van der Waals surface area (Å²) in [5.74, 6) is 0.323. The standard InChI is InChI=1S/C15H19NO2/c1-11(10-18-2)9-14(17)13-7-3-5-12-6-4-8-16-15(12)13/h3-8,11,14,17H,9-10H2,1-2H3. The summed E-state index contributed by atoms with van der Waals surface area (Å²) in [6.45, 7) is 2.74. The summed E-state index contributed by atoms with van der Waals surface area (Å²) in [4.78, 5) is 4.36. The van der Waals surface area contributed by atoms with Crippen molar-refractivity contribution < 1.29 is 9.84 Å². The zero-order valence-electron chi connectivity index (χ0n) is 10.8. The molecule has 2 rings (SSSR count). The predicted octanol–water partition coefficient (Wildman–Crippen LogP) is 2.94. The number of hydrogen-bond donors (Lipinski definition) is 1. The van der Waals surface area contributed by atoms with E-state index in [-0.39, 0.29) is 0 Å². The van der Waals surface area contributed by atoms with E-state index in [4.69, 9.17) is 4.74 Å². The molecule has 0 saturated carbocycles. The van der Waals surface area contributed by atoms with Gasteiger partial charge in [-0.3, -0.25) is 4.98 Å². The van der Waals surface area contributed by atoms with Crippen LogP contribution in [0.4, 0.5) is 0 Å². The van der Waals surface area contributed by atoms with Crippen LogP contribution in [-0.2, 0) is 4.74 Å². The third-order valence-corrected chi connectivity index (χ3v) is 3.10. The lowest BCUT2D eigenvalue weighted by Crippen LogP contribution is -2.10. The van der Waals surface area contributed by atoms with Crippen molar-refractivity contribution >= 4 is 10.9 Å². The van der Waals surface area contributed by atoms with Crippen LogP contribution in [0.25, 0.3) is 10.9 Å². The fourth-order valence-electron chi connectivity index (χ4n) is 2.26. The van der Waals surface area contributed by atoms with E-state index >= 15 is 0 Å². The van der Waals surface area contributed by atoms with Crippen LogP contribution in [0.15, 0.2) is 36.5 Å². The molecule has 2 aromatic rings. The molecule has 18 heavy (non-hydrogen) atoms. The Balaban J connectivity index is 2.24. The first-order chi connectivity index (χ1) is 8.72. The van der Waals surface area contributed by atoms with Gasteiger partial charge in [-0.25, -0.2) is 0 Å². The minimum Gasteiger partial charge on any atom is -0.388 e. The number of aliphatic hydroxyl groups excluding tert-OH is 1. The van der Waals surface area contributed by atoms with Gasteiger partial charge in [0.15, 0.2) is 0 Å². The topological polar surface area (TPSA) is 42.4 Å². The van der Waals surface area contributed by atoms with Gasteiger partial charge < -0.3 is 9.84 Å². The second-order valence-corrected chi connectivity index (χ2v) is 4.73. The Labute approximate surface area is 107 Å². The van der Waals surface area contributed by atoms with Gasteiger partial charge in [-0.1, -0.05) is 31.2 Å². The molecule has 2 unspecified atom stereocenters. The molecule has 0 fully saturated rings. The van der Waals surface area contributed by atoms with Crippen molar-refractivity contribution in [2.24, 2.45) is 5.92 Å². The maximum absolute atomic E-state index is 10.3. The number of ether oxygens (including phenoxy) is 1. The molecule has 2 atom stereocenters. The molecule has 0 aliphatic heterocycles. The van der Waals surface area contributed by atoms with Crippen LogP contribution >= 0.6 is 0 Å². The Morgan fingerprint density at radius 1 is 1.28 bits per heavy atom. The average Bonchev–Trinajstić information content (AvgIpc) is 2.38. The first-order valence-electron chi connectivity index (χ1n) is 6.23. The third-order valence-electron chi connectivity index (χ3n) is 3.10. The molecule has 0 aliphatic rings. The van der Waals surface area contributed by atoms with E-state index in [0.29, 0.717) is 18.9 Å². The van der Waals surface area contributed by atoms with Gasteiger partial charge in [-0.15, -0.1) is 0 Å². The molecule has 0 saturated heterocycles. The maximum Gasteiger partial charge on any atom is 0.0814 e. The van der Waals surface area contributed by atoms with Gasteiger partial charge in [-0.05, 0) is 18.4 Å². The highest BCUT2D eigenvalue weighted by Crippen LogP contribution is 2.26. The maximum atomic E-state index is 10.3. The minimum atomic E-state index is -0.492. The summed E-state index contributed by atoms with van der Waals surface area (Å²) in [6, 6.07) is 9.84. The molecular weight excluding hydrogens is 226 g/mol. The fraction of sp³-hybridized carbons (Fsp3) is 0.400. The number of nitrogens with zero attached hydrogens (tertiary/aromatic N) is 1. The largest absolute Gasteiger partial charge is 0.388 e. The summed E-state index contributed by atoms with van der Waals surface area (Å²) in [6.07, 6.45) is 1.95. The molecule has 1 aromatic heterocycles. The van der Waals surface area contributed by atoms with E-state index in [2.05, 4.69) is 11.9 Å². The van der Waals surface area contributed by atoms with Gasteiger partial charge >= 0.3 is 0 Å². The highest BCUT2D eigenvalue weighted by molar-refractivity contribution is 5.81. The molecule has 3 nitrogen and oxygen atoms in total. The predicted molar refractivity (Wildman–Crippen MR) is 72.4 cm³/mol. The van der Waals surface area contributed by atoms with Gasteiger partial charge in [0.25, 0.3) is 0 Å². The smallest absolute Gasteiger partial charge is 0.0814 e. The summed E-state index contributed by atoms with van der Waals surface area (Å²) in [5.41, 5.74) is 1.79. The van der Waals surface area contributed by atoms with Gasteiger partial charge in [-0.2, -0.15) is 0 Å². The molecule has 0 radical (unpaired) electrons. The van der Waals surface area contributed by atoms with Gasteiger partial charge in [0, 0.05) is 30.9 Å². The molecular formula is C15H19NO2. The van der Waals surface area contributed by atoms with Crippen molar-refractivity contribution in [2.75, 3.05) is 13.7 Å². The summed E-state index contributed by atoms with van der Waals surface area (Å²) in [7, 11) is 1.68. The number of benzene rings is 1. The van der Waals surface area contributed by atoms with Crippen molar-refractivity contribution in [1.29, 1.82) is 0 Å². The lowest BCUT2D eigenvalue weighted by molar-refractivity contribution is 0.102. The zero-order valence-corrected chi connectivity index (χ0v) is 10.8. The molecule has 0 bridgehead atoms. The van der Waals surface area contributed by atoms with Crippen LogP contribution in [0.3, 0.4) is 0 Å². The van der Waals surface area contributed by atoms with E-state index in [0.717, 1.165) is 16.5 Å². The third kappa shape index (κ3) is 2.86. The van der Waals surface area contributed by atoms with Crippen molar-refractivity contribution in [3.63, 3.8) is 0 Å². The number of aromatic nitrogens is 1. The van der Waals surface area contributed by atoms with E-state index in [1.165, 1.54) is 0 Å². The highest BCUT2D eigenvalue weighted by atomic mass is 16.5. The minimum absolute atomic E-state index is 0.323. The molecule has 96 valence electrons. The van der Waals surface area contributed by atoms with Gasteiger partial charge in [0.1, 0.15) is 0 Å². The quantitative estimate of drug-likeness (QED) is 0.880. The summed E-state index contributed by atoms with van der Waals surface area (Å²) in [5, 5.41) is 11.4. The zero-order chi connectivity index (χ0) is 13.0. The Morgan fingerprint density at radius 3 is 2.83 bits per heavy atom. The van der Waals surface area contributed by atoms with E-state index in [1.54, 1.807) is 13.3 Å². The van der Waals surface area contributed by atoms with Crippen LogP contribution < -0.4 is 0 Å². The fourth-order valence-corrected chi connectivity index (χ4v) is 2.26. The molecule has 0 amide bonds. The van der Waals surface area contributed by atoms with Crippen molar-refractivity contribution in [1.82, 2.24) is 4.98 Å². The lowest BCUT2D eigenvalue weighted by Gasteiger charge is -2.17. The highest BCUT2D eigenvalue weighted by Gasteiger charge is 2.15. The number of methoxy groups -OCH3 is 1. The average molecular weight is 245 g/mol. The van der Waals surface area contributed by atoms with Crippen LogP contribution in [-0.4, -0.2) is 23.8 Å². The second kappa shape index (κ2) is 5.94. The molecule has 0 aliphatic carbocycles. The number of rotatable bonds is 5. The van der Waals surface area contributed by atoms with Crippen LogP contribution in [0, 0.1) is 5.92 Å². The SMILES string of the molecule is COCC(C)CC(O)c1cccc2cccnc12. The summed E-state index contributed by atoms with van der Waals surface area (Å²) < 4.78 is 5.10. The van der Waals surface area contributed by atoms with Crippen LogP contribution in [0.1, 0.15) is 25.0 Å². The van der Waals surface area contributed by atoms with Crippen molar-refractivity contribution in [3.05, 3.63) is 42.1 Å². The molecule has 1 N–H and O–H groups in total. The number of hydrogen-bond acceptors (Lipinski definition) is 3. The molecule has 3 heteroatoms. The normalized spacial score (nSPS) is 14.6. The Morgan fingerprint density at radius 2 is 2.06 bits per heavy atom. The molecule has 1 heterocycles. The first-order valence-corrected chi connectivity index (χ1v) is 6.23. The van der Waals surface area contributed by atoms with Crippen LogP contribution in [0.5, 0.6) is 0 Å². The summed E-state index contributed by atoms with van der Waals surface area (Å²) >= 11 is 0. The molecule has 0 spiro atoms. The number of fused-ring (bicyclic) bond motifs is 1. The Kier molecular flexibility index (Phi) is 4.28. The van der Waals surface area contributed by atoms with Crippen LogP contribution in [0.2, 0.25) is 0 Å². The van der Waals surface area contributed by atoms with E-state index < -0.39 is 6.10 Å². The lowest BCUT2D eigenvalue weighted by atomic mass is 9.97. The number of aliphatic hydroxyl groups is 1.